The molecule has 2 N–H and O–H groups in total. The van der Waals surface area contributed by atoms with Gasteiger partial charge < -0.3 is 15.3 Å². The normalized spacial score (nSPS) is 22.4. The molecule has 0 radical (unpaired) electrons. The average molecular weight is 248 g/mol. The molecule has 0 spiro atoms. The van der Waals surface area contributed by atoms with E-state index in [-0.39, 0.29) is 0 Å². The van der Waals surface area contributed by atoms with Crippen molar-refractivity contribution < 1.29 is 5.11 Å². The molecule has 1 heterocycles. The molecule has 1 aliphatic rings. The Morgan fingerprint density at radius 2 is 2.17 bits per heavy atom. The van der Waals surface area contributed by atoms with E-state index in [0.717, 1.165) is 19.4 Å². The lowest BCUT2D eigenvalue weighted by atomic mass is 9.94. The fourth-order valence-corrected chi connectivity index (χ4v) is 2.62. The molecule has 1 aromatic carbocycles. The Labute approximate surface area is 110 Å². The Bertz CT molecular complexity index is 403. The number of rotatable bonds is 4. The van der Waals surface area contributed by atoms with Gasteiger partial charge >= 0.3 is 0 Å². The summed E-state index contributed by atoms with van der Waals surface area (Å²) in [5.74, 6) is 0. The first kappa shape index (κ1) is 13.4. The predicted molar refractivity (Wildman–Crippen MR) is 76.0 cm³/mol. The summed E-state index contributed by atoms with van der Waals surface area (Å²) in [6.45, 7) is 5.65. The largest absolute Gasteiger partial charge is 0.388 e. The predicted octanol–water partition coefficient (Wildman–Crippen LogP) is 2.32. The van der Waals surface area contributed by atoms with Crippen molar-refractivity contribution in [2.45, 2.75) is 38.3 Å². The van der Waals surface area contributed by atoms with Crippen LogP contribution in [-0.4, -0.2) is 30.8 Å². The zero-order valence-electron chi connectivity index (χ0n) is 11.6. The lowest BCUT2D eigenvalue weighted by Crippen LogP contribution is -2.44. The van der Waals surface area contributed by atoms with Crippen molar-refractivity contribution in [2.75, 3.05) is 25.0 Å². The Balaban J connectivity index is 2.25. The van der Waals surface area contributed by atoms with Crippen molar-refractivity contribution in [1.82, 2.24) is 5.32 Å². The summed E-state index contributed by atoms with van der Waals surface area (Å²) in [4.78, 5) is 2.31. The quantitative estimate of drug-likeness (QED) is 0.858. The minimum atomic E-state index is -0.612. The van der Waals surface area contributed by atoms with Crippen LogP contribution in [0.5, 0.6) is 0 Å². The van der Waals surface area contributed by atoms with Crippen LogP contribution in [0.15, 0.2) is 24.3 Å². The van der Waals surface area contributed by atoms with Gasteiger partial charge in [0.05, 0.1) is 5.60 Å². The molecule has 100 valence electrons. The Morgan fingerprint density at radius 3 is 2.83 bits per heavy atom. The number of aliphatic hydroxyl groups is 1. The molecule has 0 bridgehead atoms. The molecule has 0 saturated heterocycles. The number of β-amino-alcohol motifs (C(OH)–C–C–N with tert-alkyl or cyclic N) is 1. The molecule has 0 saturated carbocycles. The Kier molecular flexibility index (Phi) is 3.93. The Morgan fingerprint density at radius 1 is 1.44 bits per heavy atom. The molecule has 2 rings (SSSR count). The molecule has 0 aliphatic carbocycles. The first-order valence-corrected chi connectivity index (χ1v) is 6.81. The van der Waals surface area contributed by atoms with Crippen LogP contribution in [-0.2, 0) is 0 Å². The summed E-state index contributed by atoms with van der Waals surface area (Å²) < 4.78 is 0. The van der Waals surface area contributed by atoms with E-state index in [9.17, 15) is 5.11 Å². The van der Waals surface area contributed by atoms with Crippen molar-refractivity contribution in [3.8, 4) is 0 Å². The lowest BCUT2D eigenvalue weighted by molar-refractivity contribution is 0.0624. The summed E-state index contributed by atoms with van der Waals surface area (Å²) in [7, 11) is 2.01. The number of para-hydroxylation sites is 1. The molecule has 3 nitrogen and oxygen atoms in total. The van der Waals surface area contributed by atoms with Gasteiger partial charge in [-0.1, -0.05) is 25.1 Å². The third-order valence-corrected chi connectivity index (χ3v) is 3.98. The average Bonchev–Trinajstić information content (AvgIpc) is 2.39. The second-order valence-corrected chi connectivity index (χ2v) is 5.46. The highest BCUT2D eigenvalue weighted by Gasteiger charge is 2.28. The SMILES string of the molecule is CCC(C)(O)CN1CCC(NC)c2ccccc21. The highest BCUT2D eigenvalue weighted by atomic mass is 16.3. The van der Waals surface area contributed by atoms with E-state index in [2.05, 4.69) is 34.5 Å². The lowest BCUT2D eigenvalue weighted by Gasteiger charge is -2.39. The van der Waals surface area contributed by atoms with Gasteiger partial charge in [0.2, 0.25) is 0 Å². The molecule has 0 fully saturated rings. The fraction of sp³-hybridized carbons (Fsp3) is 0.600. The molecule has 1 aliphatic heterocycles. The summed E-state index contributed by atoms with van der Waals surface area (Å²) >= 11 is 0. The molecular formula is C15H24N2O. The van der Waals surface area contributed by atoms with Crippen molar-refractivity contribution in [3.63, 3.8) is 0 Å². The number of hydrogen-bond acceptors (Lipinski definition) is 3. The van der Waals surface area contributed by atoms with E-state index in [4.69, 9.17) is 0 Å². The number of nitrogens with zero attached hydrogens (tertiary/aromatic N) is 1. The first-order valence-electron chi connectivity index (χ1n) is 6.81. The van der Waals surface area contributed by atoms with E-state index < -0.39 is 5.60 Å². The topological polar surface area (TPSA) is 35.5 Å². The standard InChI is InChI=1S/C15H24N2O/c1-4-15(2,18)11-17-10-9-13(16-3)12-7-5-6-8-14(12)17/h5-8,13,16,18H,4,9-11H2,1-3H3. The smallest absolute Gasteiger partial charge is 0.0791 e. The van der Waals surface area contributed by atoms with E-state index >= 15 is 0 Å². The van der Waals surface area contributed by atoms with Crippen LogP contribution in [0.4, 0.5) is 5.69 Å². The molecule has 2 unspecified atom stereocenters. The summed E-state index contributed by atoms with van der Waals surface area (Å²) in [6, 6.07) is 8.94. The van der Waals surface area contributed by atoms with Crippen molar-refractivity contribution in [1.29, 1.82) is 0 Å². The monoisotopic (exact) mass is 248 g/mol. The second kappa shape index (κ2) is 5.29. The van der Waals surface area contributed by atoms with E-state index in [1.807, 2.05) is 20.9 Å². The van der Waals surface area contributed by atoms with Crippen LogP contribution in [0.1, 0.15) is 38.3 Å². The zero-order valence-corrected chi connectivity index (χ0v) is 11.6. The third-order valence-electron chi connectivity index (χ3n) is 3.98. The maximum Gasteiger partial charge on any atom is 0.0791 e. The van der Waals surface area contributed by atoms with Gasteiger partial charge in [0, 0.05) is 24.8 Å². The van der Waals surface area contributed by atoms with Gasteiger partial charge in [-0.25, -0.2) is 0 Å². The fourth-order valence-electron chi connectivity index (χ4n) is 2.62. The van der Waals surface area contributed by atoms with Crippen molar-refractivity contribution in [2.24, 2.45) is 0 Å². The first-order chi connectivity index (χ1) is 8.57. The highest BCUT2D eigenvalue weighted by molar-refractivity contribution is 5.57. The van der Waals surface area contributed by atoms with Crippen LogP contribution >= 0.6 is 0 Å². The number of benzene rings is 1. The molecular weight excluding hydrogens is 224 g/mol. The van der Waals surface area contributed by atoms with Crippen molar-refractivity contribution in [3.05, 3.63) is 29.8 Å². The van der Waals surface area contributed by atoms with Crippen LogP contribution < -0.4 is 10.2 Å². The third kappa shape index (κ3) is 2.68. The van der Waals surface area contributed by atoms with E-state index in [1.54, 1.807) is 0 Å². The van der Waals surface area contributed by atoms with Crippen LogP contribution in [0, 0.1) is 0 Å². The van der Waals surface area contributed by atoms with E-state index in [0.29, 0.717) is 12.6 Å². The molecule has 2 atom stereocenters. The zero-order chi connectivity index (χ0) is 13.2. The minimum absolute atomic E-state index is 0.434. The van der Waals surface area contributed by atoms with Gasteiger partial charge in [-0.2, -0.15) is 0 Å². The Hall–Kier alpha value is -1.06. The minimum Gasteiger partial charge on any atom is -0.388 e. The maximum atomic E-state index is 10.3. The molecule has 18 heavy (non-hydrogen) atoms. The molecule has 0 amide bonds. The second-order valence-electron chi connectivity index (χ2n) is 5.46. The number of hydrogen-bond donors (Lipinski definition) is 2. The van der Waals surface area contributed by atoms with Crippen molar-refractivity contribution >= 4 is 5.69 Å². The van der Waals surface area contributed by atoms with Gasteiger partial charge in [-0.15, -0.1) is 0 Å². The van der Waals surface area contributed by atoms with Gasteiger partial charge in [0.15, 0.2) is 0 Å². The molecule has 0 aromatic heterocycles. The van der Waals surface area contributed by atoms with Gasteiger partial charge in [0.25, 0.3) is 0 Å². The summed E-state index contributed by atoms with van der Waals surface area (Å²) in [6.07, 6.45) is 1.87. The number of fused-ring (bicyclic) bond motifs is 1. The van der Waals surface area contributed by atoms with E-state index in [1.165, 1.54) is 11.3 Å². The number of nitrogens with one attached hydrogen (secondary N) is 1. The van der Waals surface area contributed by atoms with Crippen LogP contribution in [0.2, 0.25) is 0 Å². The number of anilines is 1. The molecule has 1 aromatic rings. The molecule has 3 heteroatoms. The van der Waals surface area contributed by atoms with Gasteiger partial charge in [0.1, 0.15) is 0 Å². The van der Waals surface area contributed by atoms with Crippen LogP contribution in [0.25, 0.3) is 0 Å². The van der Waals surface area contributed by atoms with Crippen LogP contribution in [0.3, 0.4) is 0 Å². The summed E-state index contributed by atoms with van der Waals surface area (Å²) in [5.41, 5.74) is 1.99. The highest BCUT2D eigenvalue weighted by Crippen LogP contribution is 2.34. The summed E-state index contributed by atoms with van der Waals surface area (Å²) in [5, 5.41) is 13.6. The maximum absolute atomic E-state index is 10.3. The van der Waals surface area contributed by atoms with Gasteiger partial charge in [-0.05, 0) is 38.4 Å². The van der Waals surface area contributed by atoms with Gasteiger partial charge in [-0.3, -0.25) is 0 Å².